The van der Waals surface area contributed by atoms with Crippen LogP contribution in [0.5, 0.6) is 0 Å². The van der Waals surface area contributed by atoms with Crippen molar-refractivity contribution in [2.45, 2.75) is 13.8 Å². The van der Waals surface area contributed by atoms with E-state index in [0.29, 0.717) is 4.88 Å². The van der Waals surface area contributed by atoms with Gasteiger partial charge in [-0.15, -0.1) is 11.3 Å². The lowest BCUT2D eigenvalue weighted by Gasteiger charge is -1.90. The van der Waals surface area contributed by atoms with Crippen LogP contribution in [-0.2, 0) is 0 Å². The fourth-order valence-corrected chi connectivity index (χ4v) is 2.12. The predicted molar refractivity (Wildman–Crippen MR) is 52.5 cm³/mol. The van der Waals surface area contributed by atoms with E-state index in [1.54, 1.807) is 6.20 Å². The molecule has 0 aliphatic rings. The summed E-state index contributed by atoms with van der Waals surface area (Å²) in [6, 6.07) is 0. The normalized spacial score (nSPS) is 10.4. The van der Waals surface area contributed by atoms with E-state index in [-0.39, 0.29) is 0 Å². The fourth-order valence-electron chi connectivity index (χ4n) is 1.24. The molecule has 0 aliphatic heterocycles. The summed E-state index contributed by atoms with van der Waals surface area (Å²) in [7, 11) is 0. The molecule has 0 N–H and O–H groups in total. The van der Waals surface area contributed by atoms with Crippen molar-refractivity contribution < 1.29 is 9.32 Å². The van der Waals surface area contributed by atoms with Crippen molar-refractivity contribution in [2.24, 2.45) is 0 Å². The second-order valence-electron chi connectivity index (χ2n) is 2.88. The molecule has 0 amide bonds. The Labute approximate surface area is 84.6 Å². The van der Waals surface area contributed by atoms with Crippen LogP contribution in [0.3, 0.4) is 0 Å². The summed E-state index contributed by atoms with van der Waals surface area (Å²) in [5.74, 6) is 0.731. The van der Waals surface area contributed by atoms with Gasteiger partial charge >= 0.3 is 0 Å². The first-order valence-electron chi connectivity index (χ1n) is 4.06. The van der Waals surface area contributed by atoms with Crippen molar-refractivity contribution >= 4 is 17.6 Å². The van der Waals surface area contributed by atoms with Gasteiger partial charge in [-0.2, -0.15) is 0 Å². The van der Waals surface area contributed by atoms with Crippen LogP contribution < -0.4 is 0 Å². The van der Waals surface area contributed by atoms with Crippen molar-refractivity contribution in [3.8, 4) is 10.6 Å². The number of nitrogens with zero attached hydrogens (tertiary/aromatic N) is 2. The number of aryl methyl sites for hydroxylation is 2. The average molecular weight is 208 g/mol. The van der Waals surface area contributed by atoms with Crippen molar-refractivity contribution in [1.29, 1.82) is 0 Å². The van der Waals surface area contributed by atoms with Crippen molar-refractivity contribution in [3.05, 3.63) is 22.5 Å². The van der Waals surface area contributed by atoms with E-state index in [2.05, 4.69) is 10.1 Å². The first-order chi connectivity index (χ1) is 6.72. The number of aromatic nitrogens is 2. The van der Waals surface area contributed by atoms with E-state index < -0.39 is 0 Å². The van der Waals surface area contributed by atoms with E-state index in [4.69, 9.17) is 4.52 Å². The summed E-state index contributed by atoms with van der Waals surface area (Å²) in [4.78, 5) is 15.2. The summed E-state index contributed by atoms with van der Waals surface area (Å²) < 4.78 is 5.02. The Morgan fingerprint density at radius 3 is 2.79 bits per heavy atom. The molecule has 0 atom stereocenters. The molecule has 2 aromatic rings. The molecule has 72 valence electrons. The average Bonchev–Trinajstić information content (AvgIpc) is 2.73. The number of aldehydes is 1. The Hall–Kier alpha value is -1.49. The highest BCUT2D eigenvalue weighted by molar-refractivity contribution is 7.16. The molecule has 0 saturated carbocycles. The third-order valence-corrected chi connectivity index (χ3v) is 2.83. The summed E-state index contributed by atoms with van der Waals surface area (Å²) in [6.45, 7) is 3.69. The summed E-state index contributed by atoms with van der Waals surface area (Å²) in [5.41, 5.74) is 1.69. The monoisotopic (exact) mass is 208 g/mol. The molecular formula is C9H8N2O2S. The molecule has 5 heteroatoms. The quantitative estimate of drug-likeness (QED) is 0.710. The smallest absolute Gasteiger partial charge is 0.161 e. The number of hydrogen-bond donors (Lipinski definition) is 0. The van der Waals surface area contributed by atoms with E-state index in [9.17, 15) is 4.79 Å². The lowest BCUT2D eigenvalue weighted by molar-refractivity contribution is 0.112. The minimum atomic E-state index is 0.611. The van der Waals surface area contributed by atoms with Crippen LogP contribution in [0.4, 0.5) is 0 Å². The summed E-state index contributed by atoms with van der Waals surface area (Å²) in [6.07, 6.45) is 2.35. The second-order valence-corrected chi connectivity index (χ2v) is 3.95. The van der Waals surface area contributed by atoms with Gasteiger partial charge in [-0.1, -0.05) is 5.16 Å². The van der Waals surface area contributed by atoms with Crippen molar-refractivity contribution in [2.75, 3.05) is 0 Å². The van der Waals surface area contributed by atoms with Gasteiger partial charge in [0.05, 0.1) is 16.1 Å². The van der Waals surface area contributed by atoms with Crippen LogP contribution in [0, 0.1) is 13.8 Å². The zero-order valence-electron chi connectivity index (χ0n) is 7.77. The lowest BCUT2D eigenvalue weighted by atomic mass is 10.2. The zero-order valence-corrected chi connectivity index (χ0v) is 8.59. The number of rotatable bonds is 2. The molecule has 14 heavy (non-hydrogen) atoms. The van der Waals surface area contributed by atoms with Gasteiger partial charge in [-0.05, 0) is 13.8 Å². The minimum Gasteiger partial charge on any atom is -0.361 e. The Bertz CT molecular complexity index is 453. The van der Waals surface area contributed by atoms with Crippen LogP contribution in [0.1, 0.15) is 21.1 Å². The Balaban J connectivity index is 2.53. The molecule has 0 saturated heterocycles. The van der Waals surface area contributed by atoms with Gasteiger partial charge in [0.25, 0.3) is 0 Å². The molecule has 2 rings (SSSR count). The van der Waals surface area contributed by atoms with Gasteiger partial charge in [-0.3, -0.25) is 4.79 Å². The third kappa shape index (κ3) is 1.35. The molecule has 0 aromatic carbocycles. The molecule has 4 nitrogen and oxygen atoms in total. The highest BCUT2D eigenvalue weighted by Gasteiger charge is 2.14. The summed E-state index contributed by atoms with van der Waals surface area (Å²) in [5, 5.41) is 4.61. The Morgan fingerprint density at radius 2 is 2.29 bits per heavy atom. The van der Waals surface area contributed by atoms with Crippen LogP contribution in [-0.4, -0.2) is 16.4 Å². The number of thiazole rings is 1. The Kier molecular flexibility index (Phi) is 2.17. The van der Waals surface area contributed by atoms with Crippen molar-refractivity contribution in [3.63, 3.8) is 0 Å². The molecule has 2 heterocycles. The van der Waals surface area contributed by atoms with Crippen LogP contribution in [0.25, 0.3) is 10.6 Å². The van der Waals surface area contributed by atoms with Gasteiger partial charge in [0.15, 0.2) is 6.29 Å². The number of hydrogen-bond acceptors (Lipinski definition) is 5. The fraction of sp³-hybridized carbons (Fsp3) is 0.222. The zero-order chi connectivity index (χ0) is 10.1. The molecule has 0 bridgehead atoms. The van der Waals surface area contributed by atoms with Crippen LogP contribution in [0.2, 0.25) is 0 Å². The second kappa shape index (κ2) is 3.34. The van der Waals surface area contributed by atoms with Crippen LogP contribution >= 0.6 is 11.3 Å². The molecule has 0 radical (unpaired) electrons. The van der Waals surface area contributed by atoms with E-state index >= 15 is 0 Å². The maximum Gasteiger partial charge on any atom is 0.161 e. The van der Waals surface area contributed by atoms with Gasteiger partial charge in [-0.25, -0.2) is 4.98 Å². The highest BCUT2D eigenvalue weighted by Crippen LogP contribution is 2.29. The van der Waals surface area contributed by atoms with E-state index in [1.807, 2.05) is 13.8 Å². The SMILES string of the molecule is Cc1noc(C)c1-c1ncc(C=O)s1. The molecule has 0 spiro atoms. The highest BCUT2D eigenvalue weighted by atomic mass is 32.1. The molecular weight excluding hydrogens is 200 g/mol. The predicted octanol–water partition coefficient (Wildman–Crippen LogP) is 2.23. The molecule has 0 unspecified atom stereocenters. The minimum absolute atomic E-state index is 0.611. The number of carbonyl (C=O) groups is 1. The third-order valence-electron chi connectivity index (χ3n) is 1.89. The first-order valence-corrected chi connectivity index (χ1v) is 4.88. The standard InChI is InChI=1S/C9H8N2O2S/c1-5-8(6(2)13-11-5)9-10-3-7(4-12)14-9/h3-4H,1-2H3. The van der Waals surface area contributed by atoms with Gasteiger partial charge < -0.3 is 4.52 Å². The van der Waals surface area contributed by atoms with E-state index in [1.165, 1.54) is 11.3 Å². The van der Waals surface area contributed by atoms with Gasteiger partial charge in [0.1, 0.15) is 10.8 Å². The maximum atomic E-state index is 10.5. The van der Waals surface area contributed by atoms with E-state index in [0.717, 1.165) is 28.3 Å². The number of carbonyl (C=O) groups excluding carboxylic acids is 1. The topological polar surface area (TPSA) is 56.0 Å². The maximum absolute atomic E-state index is 10.5. The van der Waals surface area contributed by atoms with Gasteiger partial charge in [0, 0.05) is 6.20 Å². The molecule has 0 fully saturated rings. The van der Waals surface area contributed by atoms with Gasteiger partial charge in [0.2, 0.25) is 0 Å². The van der Waals surface area contributed by atoms with Crippen molar-refractivity contribution in [1.82, 2.24) is 10.1 Å². The molecule has 2 aromatic heterocycles. The lowest BCUT2D eigenvalue weighted by Crippen LogP contribution is -1.78. The van der Waals surface area contributed by atoms with Crippen LogP contribution in [0.15, 0.2) is 10.7 Å². The largest absolute Gasteiger partial charge is 0.361 e. The summed E-state index contributed by atoms with van der Waals surface area (Å²) >= 11 is 1.34. The Morgan fingerprint density at radius 1 is 1.50 bits per heavy atom. The first kappa shape index (κ1) is 9.08. The molecule has 0 aliphatic carbocycles.